The normalized spacial score (nSPS) is 9.00. The number of carbonyl (C=O) groups excluding carboxylic acids is 4. The first-order valence-electron chi connectivity index (χ1n) is 2.58. The number of rotatable bonds is 6. The van der Waals surface area contributed by atoms with Crippen molar-refractivity contribution in [3.05, 3.63) is 0 Å². The van der Waals surface area contributed by atoms with E-state index in [0.29, 0.717) is 0 Å². The first-order chi connectivity index (χ1) is 5.78. The Balaban J connectivity index is 4.17. The number of nitrogens with zero attached hydrogens (tertiary/aromatic N) is 4. The maximum Gasteiger partial charge on any atom is 0.238 e. The summed E-state index contributed by atoms with van der Waals surface area (Å²) in [5.74, 6) is 0. The Morgan fingerprint density at radius 1 is 0.667 bits per heavy atom. The highest BCUT2D eigenvalue weighted by molar-refractivity contribution is 5.68. The summed E-state index contributed by atoms with van der Waals surface area (Å²) in [5.41, 5.74) is 0. The van der Waals surface area contributed by atoms with Crippen LogP contribution in [0.1, 0.15) is 0 Å². The molecule has 0 radical (unpaired) electrons. The molecule has 0 rings (SSSR count). The molecule has 4 amide bonds. The van der Waals surface area contributed by atoms with Crippen molar-refractivity contribution in [1.82, 2.24) is 10.0 Å². The molecule has 0 atom stereocenters. The first kappa shape index (κ1) is 9.88. The van der Waals surface area contributed by atoms with Gasteiger partial charge in [0.25, 0.3) is 0 Å². The van der Waals surface area contributed by atoms with Crippen LogP contribution < -0.4 is 0 Å². The molecule has 64 valence electrons. The van der Waals surface area contributed by atoms with Crippen molar-refractivity contribution in [2.75, 3.05) is 0 Å². The van der Waals surface area contributed by atoms with Gasteiger partial charge in [0.15, 0.2) is 0 Å². The summed E-state index contributed by atoms with van der Waals surface area (Å²) >= 11 is 0. The molecule has 0 saturated carbocycles. The largest absolute Gasteiger partial charge is 0.276 e. The van der Waals surface area contributed by atoms with Crippen LogP contribution in [-0.4, -0.2) is 35.7 Å². The number of carbonyl (C=O) groups is 4. The zero-order valence-electron chi connectivity index (χ0n) is 5.73. The third-order valence-electron chi connectivity index (χ3n) is 0.679. The second-order valence-corrected chi connectivity index (χ2v) is 1.36. The van der Waals surface area contributed by atoms with Crippen molar-refractivity contribution in [2.45, 2.75) is 0 Å². The van der Waals surface area contributed by atoms with Gasteiger partial charge in [0.2, 0.25) is 25.6 Å². The topological polar surface area (TPSA) is 99.5 Å². The van der Waals surface area contributed by atoms with Crippen LogP contribution in [0.4, 0.5) is 0 Å². The molecule has 0 fully saturated rings. The van der Waals surface area contributed by atoms with Gasteiger partial charge in [0, 0.05) is 0 Å². The molecule has 8 nitrogen and oxygen atoms in total. The number of amides is 4. The lowest BCUT2D eigenvalue weighted by molar-refractivity contribution is -0.134. The lowest BCUT2D eigenvalue weighted by atomic mass is 11.1. The van der Waals surface area contributed by atoms with E-state index in [4.69, 9.17) is 0 Å². The minimum absolute atomic E-state index is 0.0598. The second-order valence-electron chi connectivity index (χ2n) is 1.36. The summed E-state index contributed by atoms with van der Waals surface area (Å²) in [6.07, 6.45) is 0.239. The van der Waals surface area contributed by atoms with Crippen LogP contribution in [0.2, 0.25) is 0 Å². The fourth-order valence-electron chi connectivity index (χ4n) is 0.226. The maximum atomic E-state index is 9.87. The van der Waals surface area contributed by atoms with E-state index in [1.807, 2.05) is 0 Å². The Kier molecular flexibility index (Phi) is 4.65. The summed E-state index contributed by atoms with van der Waals surface area (Å²) < 4.78 is 0. The lowest BCUT2D eigenvalue weighted by Crippen LogP contribution is -2.16. The minimum Gasteiger partial charge on any atom is -0.276 e. The van der Waals surface area contributed by atoms with Gasteiger partial charge in [0.1, 0.15) is 0 Å². The Labute approximate surface area is 66.4 Å². The van der Waals surface area contributed by atoms with E-state index in [-0.39, 0.29) is 35.7 Å². The SMILES string of the molecule is O=CN(C=O)/N=N/N(C=O)C=O. The van der Waals surface area contributed by atoms with Gasteiger partial charge in [-0.05, 0) is 10.4 Å². The minimum atomic E-state index is 0.0598. The highest BCUT2D eigenvalue weighted by Gasteiger charge is 1.97. The molecule has 0 aliphatic carbocycles. The molecule has 0 N–H and O–H groups in total. The molecule has 0 aromatic carbocycles. The van der Waals surface area contributed by atoms with Crippen molar-refractivity contribution in [3.63, 3.8) is 0 Å². The molecule has 0 aliphatic heterocycles. The molecular formula is C4H4N4O4. The van der Waals surface area contributed by atoms with Crippen molar-refractivity contribution >= 4 is 25.6 Å². The van der Waals surface area contributed by atoms with Crippen LogP contribution in [0.15, 0.2) is 10.4 Å². The quantitative estimate of drug-likeness (QED) is 0.276. The summed E-state index contributed by atoms with van der Waals surface area (Å²) in [4.78, 5) is 39.5. The Bertz CT molecular complexity index is 177. The zero-order valence-corrected chi connectivity index (χ0v) is 5.73. The van der Waals surface area contributed by atoms with E-state index >= 15 is 0 Å². The Hall–Kier alpha value is -2.12. The summed E-state index contributed by atoms with van der Waals surface area (Å²) in [6.45, 7) is 0. The van der Waals surface area contributed by atoms with Crippen LogP contribution in [-0.2, 0) is 19.2 Å². The monoisotopic (exact) mass is 172 g/mol. The number of imide groups is 2. The predicted molar refractivity (Wildman–Crippen MR) is 32.8 cm³/mol. The summed E-state index contributed by atoms with van der Waals surface area (Å²) in [5, 5.41) is 6.28. The van der Waals surface area contributed by atoms with Gasteiger partial charge in [-0.1, -0.05) is 0 Å². The summed E-state index contributed by atoms with van der Waals surface area (Å²) in [6, 6.07) is 0. The van der Waals surface area contributed by atoms with Gasteiger partial charge in [-0.15, -0.1) is 0 Å². The Morgan fingerprint density at radius 2 is 0.917 bits per heavy atom. The predicted octanol–water partition coefficient (Wildman–Crippen LogP) is -1.50. The fraction of sp³-hybridized carbons (Fsp3) is 0. The number of hydrogen-bond donors (Lipinski definition) is 0. The average molecular weight is 172 g/mol. The van der Waals surface area contributed by atoms with Gasteiger partial charge >= 0.3 is 0 Å². The molecule has 0 spiro atoms. The van der Waals surface area contributed by atoms with E-state index in [1.165, 1.54) is 0 Å². The van der Waals surface area contributed by atoms with Crippen LogP contribution in [0.25, 0.3) is 0 Å². The Morgan fingerprint density at radius 3 is 1.08 bits per heavy atom. The van der Waals surface area contributed by atoms with Crippen LogP contribution in [0.5, 0.6) is 0 Å². The molecule has 12 heavy (non-hydrogen) atoms. The van der Waals surface area contributed by atoms with E-state index in [1.54, 1.807) is 0 Å². The smallest absolute Gasteiger partial charge is 0.238 e. The van der Waals surface area contributed by atoms with Crippen molar-refractivity contribution < 1.29 is 19.2 Å². The standard InChI is InChI=1S/C4H4N4O4/c9-1-7(2-10)5-6-8(3-11)4-12/h1-4H/b6-5+. The lowest BCUT2D eigenvalue weighted by Gasteiger charge is -1.99. The fourth-order valence-corrected chi connectivity index (χ4v) is 0.226. The van der Waals surface area contributed by atoms with Crippen molar-refractivity contribution in [3.8, 4) is 0 Å². The van der Waals surface area contributed by atoms with Crippen molar-refractivity contribution in [2.24, 2.45) is 10.4 Å². The van der Waals surface area contributed by atoms with Gasteiger partial charge < -0.3 is 0 Å². The van der Waals surface area contributed by atoms with Crippen LogP contribution in [0, 0.1) is 0 Å². The van der Waals surface area contributed by atoms with Gasteiger partial charge in [-0.2, -0.15) is 10.0 Å². The van der Waals surface area contributed by atoms with E-state index in [0.717, 1.165) is 0 Å². The number of hydrogen-bond acceptors (Lipinski definition) is 6. The molecular weight excluding hydrogens is 168 g/mol. The molecule has 0 aromatic rings. The van der Waals surface area contributed by atoms with E-state index in [9.17, 15) is 19.2 Å². The molecule has 0 saturated heterocycles. The molecule has 0 aromatic heterocycles. The highest BCUT2D eigenvalue weighted by Crippen LogP contribution is 1.83. The first-order valence-corrected chi connectivity index (χ1v) is 2.58. The third-order valence-corrected chi connectivity index (χ3v) is 0.679. The molecule has 0 aliphatic rings. The van der Waals surface area contributed by atoms with Crippen molar-refractivity contribution in [1.29, 1.82) is 0 Å². The molecule has 0 unspecified atom stereocenters. The van der Waals surface area contributed by atoms with E-state index in [2.05, 4.69) is 10.4 Å². The highest BCUT2D eigenvalue weighted by atomic mass is 16.2. The average Bonchev–Trinajstić information content (AvgIpc) is 2.13. The van der Waals surface area contributed by atoms with Crippen LogP contribution in [0.3, 0.4) is 0 Å². The second kappa shape index (κ2) is 5.65. The molecule has 0 bridgehead atoms. The molecule has 8 heteroatoms. The van der Waals surface area contributed by atoms with Gasteiger partial charge in [-0.25, -0.2) is 0 Å². The third kappa shape index (κ3) is 3.15. The molecule has 0 heterocycles. The van der Waals surface area contributed by atoms with Gasteiger partial charge in [0.05, 0.1) is 0 Å². The zero-order chi connectivity index (χ0) is 9.40. The van der Waals surface area contributed by atoms with Crippen LogP contribution >= 0.6 is 0 Å². The van der Waals surface area contributed by atoms with E-state index < -0.39 is 0 Å². The summed E-state index contributed by atoms with van der Waals surface area (Å²) in [7, 11) is 0. The van der Waals surface area contributed by atoms with Gasteiger partial charge in [-0.3, -0.25) is 19.2 Å². The maximum absolute atomic E-state index is 9.87.